The predicted molar refractivity (Wildman–Crippen MR) is 119 cm³/mol. The van der Waals surface area contributed by atoms with Crippen molar-refractivity contribution in [2.75, 3.05) is 5.32 Å². The quantitative estimate of drug-likeness (QED) is 0.521. The molecule has 0 bridgehead atoms. The second kappa shape index (κ2) is 8.26. The zero-order valence-electron chi connectivity index (χ0n) is 17.9. The molecule has 2 aromatic heterocycles. The predicted octanol–water partition coefficient (Wildman–Crippen LogP) is 2.34. The van der Waals surface area contributed by atoms with Gasteiger partial charge in [-0.05, 0) is 42.7 Å². The number of carbonyl (C=O) groups is 1. The third kappa shape index (κ3) is 3.96. The van der Waals surface area contributed by atoms with Crippen molar-refractivity contribution in [1.82, 2.24) is 18.9 Å². The lowest BCUT2D eigenvalue weighted by Gasteiger charge is -2.14. The highest BCUT2D eigenvalue weighted by molar-refractivity contribution is 5.93. The minimum atomic E-state index is -0.642. The van der Waals surface area contributed by atoms with Crippen LogP contribution in [0, 0.1) is 19.7 Å². The van der Waals surface area contributed by atoms with E-state index in [9.17, 15) is 18.8 Å². The Labute approximate surface area is 182 Å². The topological polar surface area (TPSA) is 90.9 Å². The highest BCUT2D eigenvalue weighted by Gasteiger charge is 2.19. The smallest absolute Gasteiger partial charge is 0.324 e. The van der Waals surface area contributed by atoms with E-state index in [1.54, 1.807) is 7.05 Å². The second-order valence-corrected chi connectivity index (χ2v) is 7.74. The molecule has 32 heavy (non-hydrogen) atoms. The summed E-state index contributed by atoms with van der Waals surface area (Å²) < 4.78 is 16.9. The molecule has 0 aliphatic heterocycles. The van der Waals surface area contributed by atoms with Crippen LogP contribution in [0.2, 0.25) is 0 Å². The van der Waals surface area contributed by atoms with Crippen molar-refractivity contribution >= 4 is 22.6 Å². The Morgan fingerprint density at radius 3 is 2.34 bits per heavy atom. The monoisotopic (exact) mass is 435 g/mol. The molecule has 0 aliphatic carbocycles. The van der Waals surface area contributed by atoms with E-state index in [1.165, 1.54) is 39.7 Å². The molecule has 0 radical (unpaired) electrons. The SMILES string of the molecule is Cc1cccc(C)c1NC(=O)Cn1c(=O)n(Cc2ccc(F)cc2)c(=O)c2nn(C)cc21. The Morgan fingerprint density at radius 1 is 1.03 bits per heavy atom. The number of amides is 1. The molecule has 4 rings (SSSR count). The summed E-state index contributed by atoms with van der Waals surface area (Å²) in [4.78, 5) is 39.0. The van der Waals surface area contributed by atoms with Gasteiger partial charge in [-0.25, -0.2) is 9.18 Å². The van der Waals surface area contributed by atoms with Crippen LogP contribution in [0.4, 0.5) is 10.1 Å². The van der Waals surface area contributed by atoms with Gasteiger partial charge in [-0.3, -0.25) is 23.4 Å². The number of rotatable bonds is 5. The molecule has 0 atom stereocenters. The van der Waals surface area contributed by atoms with Crippen LogP contribution in [0.1, 0.15) is 16.7 Å². The van der Waals surface area contributed by atoms with Gasteiger partial charge in [0.15, 0.2) is 5.52 Å². The number of anilines is 1. The number of hydrogen-bond acceptors (Lipinski definition) is 4. The van der Waals surface area contributed by atoms with Crippen molar-refractivity contribution in [2.24, 2.45) is 7.05 Å². The summed E-state index contributed by atoms with van der Waals surface area (Å²) in [5.41, 5.74) is 2.21. The van der Waals surface area contributed by atoms with Crippen LogP contribution in [0.3, 0.4) is 0 Å². The molecule has 8 nitrogen and oxygen atoms in total. The number of carbonyl (C=O) groups excluding carboxylic acids is 1. The molecule has 4 aromatic rings. The minimum absolute atomic E-state index is 0.0665. The molecule has 1 N–H and O–H groups in total. The number of nitrogens with zero attached hydrogens (tertiary/aromatic N) is 4. The van der Waals surface area contributed by atoms with E-state index in [0.717, 1.165) is 15.7 Å². The minimum Gasteiger partial charge on any atom is -0.324 e. The van der Waals surface area contributed by atoms with Gasteiger partial charge in [-0.2, -0.15) is 5.10 Å². The van der Waals surface area contributed by atoms with E-state index >= 15 is 0 Å². The Morgan fingerprint density at radius 2 is 1.69 bits per heavy atom. The van der Waals surface area contributed by atoms with Gasteiger partial charge in [0.2, 0.25) is 5.91 Å². The lowest BCUT2D eigenvalue weighted by atomic mass is 10.1. The van der Waals surface area contributed by atoms with E-state index in [2.05, 4.69) is 10.4 Å². The van der Waals surface area contributed by atoms with Gasteiger partial charge in [-0.15, -0.1) is 0 Å². The lowest BCUT2D eigenvalue weighted by molar-refractivity contribution is -0.116. The molecule has 9 heteroatoms. The Bertz CT molecular complexity index is 1430. The number of hydrogen-bond donors (Lipinski definition) is 1. The maximum Gasteiger partial charge on any atom is 0.332 e. The number of halogens is 1. The van der Waals surface area contributed by atoms with Crippen LogP contribution < -0.4 is 16.6 Å². The highest BCUT2D eigenvalue weighted by Crippen LogP contribution is 2.19. The van der Waals surface area contributed by atoms with Crippen molar-refractivity contribution in [3.8, 4) is 0 Å². The summed E-state index contributed by atoms with van der Waals surface area (Å²) in [6.45, 7) is 3.41. The van der Waals surface area contributed by atoms with Crippen molar-refractivity contribution in [3.63, 3.8) is 0 Å². The zero-order chi connectivity index (χ0) is 23.0. The fourth-order valence-corrected chi connectivity index (χ4v) is 3.69. The first-order valence-electron chi connectivity index (χ1n) is 10.0. The second-order valence-electron chi connectivity index (χ2n) is 7.74. The van der Waals surface area contributed by atoms with Gasteiger partial charge < -0.3 is 5.32 Å². The molecule has 1 amide bonds. The Balaban J connectivity index is 1.76. The van der Waals surface area contributed by atoms with E-state index in [4.69, 9.17) is 0 Å². The van der Waals surface area contributed by atoms with Crippen LogP contribution in [0.25, 0.3) is 11.0 Å². The fraction of sp³-hybridized carbons (Fsp3) is 0.217. The molecule has 0 saturated carbocycles. The maximum atomic E-state index is 13.2. The van der Waals surface area contributed by atoms with Gasteiger partial charge in [0.05, 0.1) is 12.1 Å². The number of nitrogens with one attached hydrogen (secondary N) is 1. The van der Waals surface area contributed by atoms with Gasteiger partial charge >= 0.3 is 5.69 Å². The van der Waals surface area contributed by atoms with E-state index in [1.807, 2.05) is 32.0 Å². The van der Waals surface area contributed by atoms with Crippen LogP contribution >= 0.6 is 0 Å². The molecular formula is C23H22FN5O3. The Kier molecular flexibility index (Phi) is 5.48. The number of para-hydroxylation sites is 1. The summed E-state index contributed by atoms with van der Waals surface area (Å²) in [5.74, 6) is -0.816. The third-order valence-corrected chi connectivity index (χ3v) is 5.31. The molecule has 0 unspecified atom stereocenters. The lowest BCUT2D eigenvalue weighted by Crippen LogP contribution is -2.42. The standard InChI is InChI=1S/C23H22FN5O3/c1-14-5-4-6-15(2)20(14)25-19(30)13-28-18-12-27(3)26-21(18)22(31)29(23(28)32)11-16-7-9-17(24)10-8-16/h4-10,12H,11,13H2,1-3H3,(H,25,30). The number of fused-ring (bicyclic) bond motifs is 1. The third-order valence-electron chi connectivity index (χ3n) is 5.31. The van der Waals surface area contributed by atoms with E-state index in [-0.39, 0.29) is 24.1 Å². The molecule has 164 valence electrons. The van der Waals surface area contributed by atoms with Crippen LogP contribution in [-0.4, -0.2) is 24.8 Å². The molecule has 0 spiro atoms. The van der Waals surface area contributed by atoms with E-state index < -0.39 is 23.0 Å². The first-order valence-corrected chi connectivity index (χ1v) is 10.0. The highest BCUT2D eigenvalue weighted by atomic mass is 19.1. The first kappa shape index (κ1) is 21.2. The van der Waals surface area contributed by atoms with Gasteiger partial charge in [0, 0.05) is 18.9 Å². The number of aryl methyl sites for hydroxylation is 3. The van der Waals surface area contributed by atoms with Crippen molar-refractivity contribution in [1.29, 1.82) is 0 Å². The molecule has 0 aliphatic rings. The number of benzene rings is 2. The van der Waals surface area contributed by atoms with Crippen molar-refractivity contribution < 1.29 is 9.18 Å². The Hall–Kier alpha value is -4.01. The summed E-state index contributed by atoms with van der Waals surface area (Å²) in [6, 6.07) is 11.2. The molecule has 2 heterocycles. The van der Waals surface area contributed by atoms with Gasteiger partial charge in [0.25, 0.3) is 5.56 Å². The molecule has 0 saturated heterocycles. The summed E-state index contributed by atoms with van der Waals surface area (Å²) >= 11 is 0. The summed E-state index contributed by atoms with van der Waals surface area (Å²) in [7, 11) is 1.63. The van der Waals surface area contributed by atoms with Gasteiger partial charge in [0.1, 0.15) is 12.4 Å². The number of aromatic nitrogens is 4. The molecule has 0 fully saturated rings. The first-order chi connectivity index (χ1) is 15.2. The summed E-state index contributed by atoms with van der Waals surface area (Å²) in [5, 5.41) is 7.04. The maximum absolute atomic E-state index is 13.2. The van der Waals surface area contributed by atoms with Crippen molar-refractivity contribution in [3.05, 3.63) is 92.0 Å². The normalized spacial score (nSPS) is 11.1. The van der Waals surface area contributed by atoms with Crippen LogP contribution in [-0.2, 0) is 24.9 Å². The zero-order valence-corrected chi connectivity index (χ0v) is 17.9. The van der Waals surface area contributed by atoms with Crippen LogP contribution in [0.5, 0.6) is 0 Å². The average molecular weight is 435 g/mol. The fourth-order valence-electron chi connectivity index (χ4n) is 3.69. The molecule has 2 aromatic carbocycles. The van der Waals surface area contributed by atoms with Gasteiger partial charge in [-0.1, -0.05) is 30.3 Å². The van der Waals surface area contributed by atoms with E-state index in [0.29, 0.717) is 11.3 Å². The van der Waals surface area contributed by atoms with Crippen molar-refractivity contribution in [2.45, 2.75) is 26.9 Å². The largest absolute Gasteiger partial charge is 0.332 e. The molecular weight excluding hydrogens is 413 g/mol. The van der Waals surface area contributed by atoms with Crippen LogP contribution in [0.15, 0.2) is 58.3 Å². The summed E-state index contributed by atoms with van der Waals surface area (Å²) in [6.07, 6.45) is 1.53. The average Bonchev–Trinajstić information content (AvgIpc) is 3.14.